The Kier molecular flexibility index (Phi) is 15.0. The van der Waals surface area contributed by atoms with E-state index in [1.807, 2.05) is 0 Å². The van der Waals surface area contributed by atoms with Crippen molar-refractivity contribution in [3.8, 4) is 0 Å². The van der Waals surface area contributed by atoms with Crippen molar-refractivity contribution in [1.82, 2.24) is 0 Å². The van der Waals surface area contributed by atoms with Crippen LogP contribution in [0.5, 0.6) is 0 Å². The van der Waals surface area contributed by atoms with Crippen LogP contribution in [0.2, 0.25) is 0 Å². The Hall–Kier alpha value is -1.93. The lowest BCUT2D eigenvalue weighted by Gasteiger charge is -2.44. The molecule has 0 aromatic heterocycles. The van der Waals surface area contributed by atoms with E-state index in [1.54, 1.807) is 0 Å². The van der Waals surface area contributed by atoms with E-state index < -0.39 is 61.6 Å². The maximum absolute atomic E-state index is 12.2. The molecule has 0 saturated carbocycles. The second-order valence-corrected chi connectivity index (χ2v) is 13.3. The van der Waals surface area contributed by atoms with E-state index in [0.717, 1.165) is 57.0 Å². The molecule has 1 aliphatic rings. The highest BCUT2D eigenvalue weighted by atomic mass is 31.2. The van der Waals surface area contributed by atoms with Gasteiger partial charge in [0.25, 0.3) is 0 Å². The predicted molar refractivity (Wildman–Crippen MR) is 141 cm³/mol. The van der Waals surface area contributed by atoms with E-state index >= 15 is 0 Å². The third kappa shape index (κ3) is 11.6. The molecule has 1 aliphatic heterocycles. The van der Waals surface area contributed by atoms with Crippen LogP contribution in [-0.2, 0) is 42.9 Å². The maximum atomic E-state index is 12.2. The monoisotopic (exact) mass is 547 g/mol. The van der Waals surface area contributed by atoms with Crippen molar-refractivity contribution in [3.63, 3.8) is 0 Å². The van der Waals surface area contributed by atoms with Crippen LogP contribution in [0, 0.1) is 0 Å². The molecule has 0 unspecified atom stereocenters. The summed E-state index contributed by atoms with van der Waals surface area (Å²) in [5, 5.41) is 0. The number of nitrogens with zero attached hydrogens (tertiary/aromatic N) is 1. The molecule has 1 rings (SSSR count). The zero-order chi connectivity index (χ0) is 28.0. The van der Waals surface area contributed by atoms with Crippen molar-refractivity contribution in [2.45, 2.75) is 118 Å². The van der Waals surface area contributed by atoms with E-state index in [2.05, 4.69) is 20.8 Å². The lowest BCUT2D eigenvalue weighted by molar-refractivity contribution is -0.250. The highest BCUT2D eigenvalue weighted by molar-refractivity contribution is 7.66. The summed E-state index contributed by atoms with van der Waals surface area (Å²) in [5.41, 5.74) is 0. The van der Waals surface area contributed by atoms with Crippen molar-refractivity contribution >= 4 is 30.9 Å². The first-order chi connectivity index (χ1) is 17.5. The van der Waals surface area contributed by atoms with E-state index in [0.29, 0.717) is 0 Å². The average Bonchev–Trinajstić information content (AvgIpc) is 2.81. The van der Waals surface area contributed by atoms with Crippen LogP contribution in [0.4, 0.5) is 0 Å². The molecule has 0 radical (unpaired) electrons. The summed E-state index contributed by atoms with van der Waals surface area (Å²) in [6, 6.07) is 0. The smallest absolute Gasteiger partial charge is 0.303 e. The Morgan fingerprint density at radius 2 is 1.11 bits per heavy atom. The highest BCUT2D eigenvalue weighted by Crippen LogP contribution is 2.53. The van der Waals surface area contributed by atoms with Crippen LogP contribution in [0.25, 0.3) is 0 Å². The number of carbonyl (C=O) groups is 4. The first kappa shape index (κ1) is 33.1. The average molecular weight is 548 g/mol. The van der Waals surface area contributed by atoms with E-state index in [9.17, 15) is 19.2 Å². The lowest BCUT2D eigenvalue weighted by atomic mass is 9.97. The fourth-order valence-corrected chi connectivity index (χ4v) is 8.81. The van der Waals surface area contributed by atoms with Crippen molar-refractivity contribution in [1.29, 1.82) is 0 Å². The van der Waals surface area contributed by atoms with Gasteiger partial charge in [0.1, 0.15) is 12.7 Å². The topological polar surface area (TPSA) is 127 Å². The van der Waals surface area contributed by atoms with Gasteiger partial charge in [-0.15, -0.1) is 0 Å². The molecule has 0 N–H and O–H groups in total. The lowest BCUT2D eigenvalue weighted by Crippen LogP contribution is -2.61. The van der Waals surface area contributed by atoms with Gasteiger partial charge >= 0.3 is 23.9 Å². The first-order valence-corrected chi connectivity index (χ1v) is 15.7. The van der Waals surface area contributed by atoms with Gasteiger partial charge in [-0.3, -0.25) is 23.9 Å². The third-order valence-electron chi connectivity index (χ3n) is 6.11. The first-order valence-electron chi connectivity index (χ1n) is 13.4. The Bertz CT molecular complexity index is 787. The van der Waals surface area contributed by atoms with Crippen LogP contribution in [0.1, 0.15) is 87.0 Å². The summed E-state index contributed by atoms with van der Waals surface area (Å²) in [6.07, 6.45) is 3.51. The molecule has 0 bridgehead atoms. The van der Waals surface area contributed by atoms with Gasteiger partial charge < -0.3 is 23.7 Å². The summed E-state index contributed by atoms with van der Waals surface area (Å²) < 4.78 is 33.5. The zero-order valence-electron chi connectivity index (χ0n) is 23.5. The van der Waals surface area contributed by atoms with Crippen LogP contribution in [0.3, 0.4) is 0 Å². The fraction of sp³-hybridized carbons (Fsp3) is 0.846. The minimum Gasteiger partial charge on any atom is -0.463 e. The molecule has 11 heteroatoms. The number of ether oxygens (including phenoxy) is 5. The van der Waals surface area contributed by atoms with Gasteiger partial charge in [0.2, 0.25) is 0 Å². The van der Waals surface area contributed by atoms with E-state index in [1.165, 1.54) is 27.7 Å². The molecule has 0 amide bonds. The summed E-state index contributed by atoms with van der Waals surface area (Å²) in [7, 11) is -1.91. The molecule has 1 fully saturated rings. The Balaban J connectivity index is 3.71. The Labute approximate surface area is 221 Å². The molecule has 37 heavy (non-hydrogen) atoms. The minimum atomic E-state index is -1.91. The fourth-order valence-electron chi connectivity index (χ4n) is 4.41. The molecule has 214 valence electrons. The SMILES string of the molecule is CCCCP(CCCC)(CCCC)=N[C@H]1O[C@H](COC(C)=O)[C@@H](OC(C)=O)[C@H](OC(C)=O)[C@H]1OC(C)=O. The largest absolute Gasteiger partial charge is 0.463 e. The van der Waals surface area contributed by atoms with Crippen LogP contribution >= 0.6 is 7.05 Å². The summed E-state index contributed by atoms with van der Waals surface area (Å²) in [4.78, 5) is 47.8. The van der Waals surface area contributed by atoms with Gasteiger partial charge in [-0.2, -0.15) is 0 Å². The van der Waals surface area contributed by atoms with Crippen LogP contribution in [0.15, 0.2) is 4.74 Å². The number of rotatable bonds is 15. The van der Waals surface area contributed by atoms with Gasteiger partial charge in [-0.1, -0.05) is 40.0 Å². The van der Waals surface area contributed by atoms with Crippen molar-refractivity contribution in [3.05, 3.63) is 0 Å². The molecule has 0 spiro atoms. The summed E-state index contributed by atoms with van der Waals surface area (Å²) >= 11 is 0. The van der Waals surface area contributed by atoms with Gasteiger partial charge in [0.05, 0.1) is 0 Å². The highest BCUT2D eigenvalue weighted by Gasteiger charge is 2.52. The Morgan fingerprint density at radius 1 is 0.676 bits per heavy atom. The normalized spacial score (nSPS) is 23.6. The predicted octanol–water partition coefficient (Wildman–Crippen LogP) is 4.67. The molecule has 0 aromatic carbocycles. The summed E-state index contributed by atoms with van der Waals surface area (Å²) in [6.45, 7) is 11.1. The van der Waals surface area contributed by atoms with Crippen molar-refractivity contribution in [2.75, 3.05) is 25.1 Å². The molecule has 1 heterocycles. The third-order valence-corrected chi connectivity index (χ3v) is 10.3. The quantitative estimate of drug-likeness (QED) is 0.163. The number of carbonyl (C=O) groups excluding carboxylic acids is 4. The molecule has 5 atom stereocenters. The molecular weight excluding hydrogens is 501 g/mol. The van der Waals surface area contributed by atoms with E-state index in [4.69, 9.17) is 28.4 Å². The molecule has 0 aliphatic carbocycles. The minimum absolute atomic E-state index is 0.242. The van der Waals surface area contributed by atoms with Crippen molar-refractivity contribution in [2.24, 2.45) is 4.74 Å². The zero-order valence-corrected chi connectivity index (χ0v) is 24.4. The standard InChI is InChI=1S/C26H46NO9P/c1-8-11-14-37(15-12-9-2,16-13-10-3)27-26-25(35-21(7)31)24(34-20(6)30)23(33-19(5)29)22(36-26)17-32-18(4)28/h22-26H,8-17H2,1-7H3/t22-,23-,24+,25-,26+/m1/s1. The van der Waals surface area contributed by atoms with Gasteiger partial charge in [-0.25, -0.2) is 0 Å². The van der Waals surface area contributed by atoms with Crippen molar-refractivity contribution < 1.29 is 42.9 Å². The molecule has 1 saturated heterocycles. The second kappa shape index (κ2) is 16.8. The molecule has 10 nitrogen and oxygen atoms in total. The number of unbranched alkanes of at least 4 members (excludes halogenated alkanes) is 3. The number of hydrogen-bond donors (Lipinski definition) is 0. The van der Waals surface area contributed by atoms with Gasteiger partial charge in [-0.05, 0) is 44.8 Å². The van der Waals surface area contributed by atoms with Gasteiger partial charge in [0, 0.05) is 27.7 Å². The summed E-state index contributed by atoms with van der Waals surface area (Å²) in [5.74, 6) is -2.44. The Morgan fingerprint density at radius 3 is 1.51 bits per heavy atom. The van der Waals surface area contributed by atoms with Crippen LogP contribution in [-0.4, -0.2) is 79.6 Å². The van der Waals surface area contributed by atoms with Crippen LogP contribution < -0.4 is 0 Å². The second-order valence-electron chi connectivity index (χ2n) is 9.53. The number of esters is 4. The maximum Gasteiger partial charge on any atom is 0.303 e. The van der Waals surface area contributed by atoms with Gasteiger partial charge in [0.15, 0.2) is 24.5 Å². The van der Waals surface area contributed by atoms with E-state index in [-0.39, 0.29) is 6.61 Å². The molecular formula is C26H46NO9P. The molecule has 0 aromatic rings. The number of hydrogen-bond acceptors (Lipinski definition) is 10.